The topological polar surface area (TPSA) is 63.2 Å². The normalized spacial score (nSPS) is 10.0. The second-order valence-electron chi connectivity index (χ2n) is 5.30. The molecule has 0 aliphatic rings. The van der Waals surface area contributed by atoms with Crippen molar-refractivity contribution in [1.29, 1.82) is 0 Å². The Hall–Kier alpha value is -3.31. The minimum atomic E-state index is -0.287. The van der Waals surface area contributed by atoms with Crippen LogP contribution in [0.3, 0.4) is 0 Å². The fourth-order valence-corrected chi connectivity index (χ4v) is 2.41. The lowest BCUT2D eigenvalue weighted by Crippen LogP contribution is -2.09. The van der Waals surface area contributed by atoms with Gasteiger partial charge in [0.1, 0.15) is 17.3 Å². The van der Waals surface area contributed by atoms with Gasteiger partial charge in [-0.1, -0.05) is 36.4 Å². The molecule has 2 N–H and O–H groups in total. The highest BCUT2D eigenvalue weighted by Crippen LogP contribution is 2.28. The monoisotopic (exact) mass is 365 g/mol. The van der Waals surface area contributed by atoms with Gasteiger partial charge in [-0.25, -0.2) is 4.98 Å². The van der Waals surface area contributed by atoms with E-state index >= 15 is 0 Å². The van der Waals surface area contributed by atoms with Gasteiger partial charge in [0.05, 0.1) is 11.4 Å². The zero-order valence-electron chi connectivity index (χ0n) is 13.8. The number of rotatable bonds is 6. The smallest absolute Gasteiger partial charge is 0.247 e. The molecule has 1 amide bonds. The van der Waals surface area contributed by atoms with E-state index in [-0.39, 0.29) is 5.91 Å². The number of benzene rings is 2. The molecule has 3 rings (SSSR count). The second-order valence-corrected chi connectivity index (χ2v) is 5.74. The maximum Gasteiger partial charge on any atom is 0.247 e. The Balaban J connectivity index is 1.79. The number of nitrogens with one attached hydrogen (secondary N) is 2. The molecule has 6 heteroatoms. The summed E-state index contributed by atoms with van der Waals surface area (Å²) in [6.45, 7) is 3.46. The molecule has 130 valence electrons. The van der Waals surface area contributed by atoms with E-state index in [0.717, 1.165) is 0 Å². The molecular weight excluding hydrogens is 350 g/mol. The van der Waals surface area contributed by atoms with Crippen molar-refractivity contribution in [3.8, 4) is 11.5 Å². The first kappa shape index (κ1) is 17.5. The van der Waals surface area contributed by atoms with Gasteiger partial charge in [-0.3, -0.25) is 4.79 Å². The minimum Gasteiger partial charge on any atom is -0.457 e. The zero-order valence-corrected chi connectivity index (χ0v) is 14.5. The molecule has 1 heterocycles. The first-order chi connectivity index (χ1) is 12.6. The molecule has 0 fully saturated rings. The van der Waals surface area contributed by atoms with E-state index in [0.29, 0.717) is 33.7 Å². The average Bonchev–Trinajstić information content (AvgIpc) is 2.63. The van der Waals surface area contributed by atoms with Crippen molar-refractivity contribution in [2.75, 3.05) is 10.6 Å². The van der Waals surface area contributed by atoms with Gasteiger partial charge >= 0.3 is 0 Å². The fraction of sp³-hybridized carbons (Fsp3) is 0. The SMILES string of the molecule is C=CC(=O)Nc1ccccc1Nc1cc(Oc2cccc(Cl)c2)ccn1. The van der Waals surface area contributed by atoms with Crippen molar-refractivity contribution in [2.24, 2.45) is 0 Å². The summed E-state index contributed by atoms with van der Waals surface area (Å²) in [7, 11) is 0. The number of aromatic nitrogens is 1. The molecule has 0 bridgehead atoms. The zero-order chi connectivity index (χ0) is 18.4. The Bertz CT molecular complexity index is 944. The van der Waals surface area contributed by atoms with Crippen LogP contribution in [0.2, 0.25) is 5.02 Å². The molecule has 2 aromatic carbocycles. The van der Waals surface area contributed by atoms with Gasteiger partial charge in [-0.15, -0.1) is 0 Å². The van der Waals surface area contributed by atoms with Crippen molar-refractivity contribution >= 4 is 34.7 Å². The number of carbonyl (C=O) groups excluding carboxylic acids is 1. The molecule has 5 nitrogen and oxygen atoms in total. The van der Waals surface area contributed by atoms with Gasteiger partial charge in [0, 0.05) is 17.3 Å². The Labute approximate surface area is 156 Å². The molecule has 0 radical (unpaired) electrons. The number of hydrogen-bond donors (Lipinski definition) is 2. The van der Waals surface area contributed by atoms with E-state index < -0.39 is 0 Å². The minimum absolute atomic E-state index is 0.287. The Morgan fingerprint density at radius 3 is 2.58 bits per heavy atom. The summed E-state index contributed by atoms with van der Waals surface area (Å²) in [4.78, 5) is 15.9. The molecule has 1 aromatic heterocycles. The van der Waals surface area contributed by atoms with Crippen molar-refractivity contribution in [3.63, 3.8) is 0 Å². The highest BCUT2D eigenvalue weighted by atomic mass is 35.5. The number of para-hydroxylation sites is 2. The van der Waals surface area contributed by atoms with Crippen LogP contribution in [0, 0.1) is 0 Å². The first-order valence-electron chi connectivity index (χ1n) is 7.83. The van der Waals surface area contributed by atoms with Crippen molar-refractivity contribution < 1.29 is 9.53 Å². The first-order valence-corrected chi connectivity index (χ1v) is 8.21. The van der Waals surface area contributed by atoms with Gasteiger partial charge < -0.3 is 15.4 Å². The van der Waals surface area contributed by atoms with E-state index in [9.17, 15) is 4.79 Å². The fourth-order valence-electron chi connectivity index (χ4n) is 2.23. The third-order valence-corrected chi connectivity index (χ3v) is 3.63. The second kappa shape index (κ2) is 8.18. The van der Waals surface area contributed by atoms with Crippen LogP contribution < -0.4 is 15.4 Å². The molecular formula is C20H16ClN3O2. The van der Waals surface area contributed by atoms with E-state index in [2.05, 4.69) is 22.2 Å². The third-order valence-electron chi connectivity index (χ3n) is 3.40. The number of hydrogen-bond acceptors (Lipinski definition) is 4. The van der Waals surface area contributed by atoms with Gasteiger partial charge in [0.25, 0.3) is 0 Å². The highest BCUT2D eigenvalue weighted by Gasteiger charge is 2.06. The third kappa shape index (κ3) is 4.62. The van der Waals surface area contributed by atoms with E-state index in [1.54, 1.807) is 36.5 Å². The van der Waals surface area contributed by atoms with Gasteiger partial charge in [0.2, 0.25) is 5.91 Å². The van der Waals surface area contributed by atoms with Crippen LogP contribution in [0.25, 0.3) is 0 Å². The van der Waals surface area contributed by atoms with E-state index in [4.69, 9.17) is 16.3 Å². The van der Waals surface area contributed by atoms with Gasteiger partial charge in [0.15, 0.2) is 0 Å². The van der Waals surface area contributed by atoms with E-state index in [1.807, 2.05) is 30.3 Å². The lowest BCUT2D eigenvalue weighted by atomic mass is 10.2. The molecule has 3 aromatic rings. The Kier molecular flexibility index (Phi) is 5.51. The van der Waals surface area contributed by atoms with Crippen LogP contribution in [0.1, 0.15) is 0 Å². The number of amides is 1. The predicted molar refractivity (Wildman–Crippen MR) is 104 cm³/mol. The highest BCUT2D eigenvalue weighted by molar-refractivity contribution is 6.30. The predicted octanol–water partition coefficient (Wildman–Crippen LogP) is 5.40. The molecule has 0 atom stereocenters. The number of carbonyl (C=O) groups is 1. The molecule has 26 heavy (non-hydrogen) atoms. The summed E-state index contributed by atoms with van der Waals surface area (Å²) in [5.41, 5.74) is 1.33. The number of halogens is 1. The summed E-state index contributed by atoms with van der Waals surface area (Å²) in [5.74, 6) is 1.53. The van der Waals surface area contributed by atoms with Crippen LogP contribution in [-0.4, -0.2) is 10.9 Å². The van der Waals surface area contributed by atoms with Gasteiger partial charge in [-0.2, -0.15) is 0 Å². The summed E-state index contributed by atoms with van der Waals surface area (Å²) >= 11 is 5.97. The maximum atomic E-state index is 11.6. The average molecular weight is 366 g/mol. The number of pyridine rings is 1. The quantitative estimate of drug-likeness (QED) is 0.574. The molecule has 0 spiro atoms. The standard InChI is InChI=1S/C20H16ClN3O2/c1-2-20(25)24-18-9-4-3-8-17(18)23-19-13-16(10-11-22-19)26-15-7-5-6-14(21)12-15/h2-13H,1H2,(H,22,23)(H,24,25). The van der Waals surface area contributed by atoms with Crippen molar-refractivity contribution in [1.82, 2.24) is 4.98 Å². The Morgan fingerprint density at radius 2 is 1.81 bits per heavy atom. The largest absolute Gasteiger partial charge is 0.457 e. The molecule has 0 unspecified atom stereocenters. The Morgan fingerprint density at radius 1 is 1.04 bits per heavy atom. The summed E-state index contributed by atoms with van der Waals surface area (Å²) in [5, 5.41) is 6.52. The van der Waals surface area contributed by atoms with E-state index in [1.165, 1.54) is 6.08 Å². The van der Waals surface area contributed by atoms with Crippen molar-refractivity contribution in [2.45, 2.75) is 0 Å². The van der Waals surface area contributed by atoms with Crippen LogP contribution in [0.15, 0.2) is 79.5 Å². The molecule has 0 aliphatic carbocycles. The number of ether oxygens (including phenoxy) is 1. The van der Waals surface area contributed by atoms with Crippen LogP contribution in [0.5, 0.6) is 11.5 Å². The lowest BCUT2D eigenvalue weighted by Gasteiger charge is -2.12. The van der Waals surface area contributed by atoms with Crippen LogP contribution in [-0.2, 0) is 4.79 Å². The van der Waals surface area contributed by atoms with Gasteiger partial charge in [-0.05, 0) is 42.5 Å². The summed E-state index contributed by atoms with van der Waals surface area (Å²) in [6.07, 6.45) is 2.85. The van der Waals surface area contributed by atoms with Crippen LogP contribution >= 0.6 is 11.6 Å². The summed E-state index contributed by atoms with van der Waals surface area (Å²) < 4.78 is 5.80. The van der Waals surface area contributed by atoms with Crippen LogP contribution in [0.4, 0.5) is 17.2 Å². The molecule has 0 saturated carbocycles. The summed E-state index contributed by atoms with van der Waals surface area (Å²) in [6, 6.07) is 18.0. The molecule has 0 saturated heterocycles. The van der Waals surface area contributed by atoms with Crippen molar-refractivity contribution in [3.05, 3.63) is 84.5 Å². The lowest BCUT2D eigenvalue weighted by molar-refractivity contribution is -0.111. The maximum absolute atomic E-state index is 11.6. The number of anilines is 3. The molecule has 0 aliphatic heterocycles. The number of nitrogens with zero attached hydrogens (tertiary/aromatic N) is 1.